The van der Waals surface area contributed by atoms with E-state index in [1.165, 1.54) is 0 Å². The monoisotopic (exact) mass is 264 g/mol. The van der Waals surface area contributed by atoms with Crippen LogP contribution in [-0.4, -0.2) is 24.2 Å². The van der Waals surface area contributed by atoms with Crippen LogP contribution in [0.15, 0.2) is 18.2 Å². The number of nitrogens with one attached hydrogen (secondary N) is 1. The molecule has 0 amide bonds. The summed E-state index contributed by atoms with van der Waals surface area (Å²) in [5.74, 6) is 0. The zero-order valence-electron chi connectivity index (χ0n) is 11.6. The number of nitrogens with zero attached hydrogens (tertiary/aromatic N) is 1. The molecule has 0 aliphatic heterocycles. The second kappa shape index (κ2) is 5.67. The Hall–Kier alpha value is -1.46. The zero-order valence-corrected chi connectivity index (χ0v) is 11.6. The number of ether oxygens (including phenoxy) is 1. The fraction of sp³-hybridized carbons (Fsp3) is 0.571. The van der Waals surface area contributed by atoms with Gasteiger partial charge in [-0.05, 0) is 32.3 Å². The first kappa shape index (κ1) is 14.0. The van der Waals surface area contributed by atoms with Crippen LogP contribution < -0.4 is 5.32 Å². The fourth-order valence-corrected chi connectivity index (χ4v) is 2.44. The van der Waals surface area contributed by atoms with Crippen LogP contribution in [0.1, 0.15) is 36.9 Å². The number of aryl methyl sites for hydroxylation is 1. The Kier molecular flexibility index (Phi) is 4.17. The van der Waals surface area contributed by atoms with Gasteiger partial charge in [-0.25, -0.2) is 0 Å². The van der Waals surface area contributed by atoms with E-state index in [1.807, 2.05) is 19.1 Å². The van der Waals surface area contributed by atoms with Crippen molar-refractivity contribution < 1.29 is 9.66 Å². The summed E-state index contributed by atoms with van der Waals surface area (Å²) in [6.07, 6.45) is 2.38. The van der Waals surface area contributed by atoms with Crippen LogP contribution >= 0.6 is 0 Å². The molecule has 0 saturated heterocycles. The lowest BCUT2D eigenvalue weighted by Crippen LogP contribution is -2.45. The van der Waals surface area contributed by atoms with Crippen molar-refractivity contribution in [2.45, 2.75) is 44.9 Å². The van der Waals surface area contributed by atoms with Gasteiger partial charge in [0, 0.05) is 30.8 Å². The summed E-state index contributed by atoms with van der Waals surface area (Å²) in [5, 5.41) is 14.4. The molecule has 5 heteroatoms. The van der Waals surface area contributed by atoms with E-state index in [4.69, 9.17) is 4.74 Å². The molecule has 1 fully saturated rings. The Balaban J connectivity index is 2.01. The highest BCUT2D eigenvalue weighted by molar-refractivity contribution is 5.43. The van der Waals surface area contributed by atoms with Crippen molar-refractivity contribution in [3.05, 3.63) is 39.4 Å². The highest BCUT2D eigenvalue weighted by Crippen LogP contribution is 2.27. The van der Waals surface area contributed by atoms with Gasteiger partial charge in [0.15, 0.2) is 0 Å². The van der Waals surface area contributed by atoms with Crippen LogP contribution in [0.5, 0.6) is 0 Å². The molecule has 1 unspecified atom stereocenters. The van der Waals surface area contributed by atoms with Crippen LogP contribution in [0.25, 0.3) is 0 Å². The largest absolute Gasteiger partial charge is 0.381 e. The summed E-state index contributed by atoms with van der Waals surface area (Å²) >= 11 is 0. The zero-order chi connectivity index (χ0) is 14.0. The molecule has 1 aliphatic rings. The molecule has 0 radical (unpaired) electrons. The fourth-order valence-electron chi connectivity index (χ4n) is 2.44. The maximum absolute atomic E-state index is 10.9. The number of rotatable bonds is 5. The van der Waals surface area contributed by atoms with E-state index >= 15 is 0 Å². The molecule has 1 saturated carbocycles. The summed E-state index contributed by atoms with van der Waals surface area (Å²) < 4.78 is 5.24. The van der Waals surface area contributed by atoms with Crippen molar-refractivity contribution in [2.24, 2.45) is 0 Å². The lowest BCUT2D eigenvalue weighted by atomic mass is 9.88. The molecule has 1 N–H and O–H groups in total. The summed E-state index contributed by atoms with van der Waals surface area (Å²) in [7, 11) is 1.73. The van der Waals surface area contributed by atoms with E-state index in [1.54, 1.807) is 20.1 Å². The number of nitro benzene ring substituents is 1. The molecule has 2 rings (SSSR count). The van der Waals surface area contributed by atoms with Crippen molar-refractivity contribution in [3.63, 3.8) is 0 Å². The number of nitro groups is 1. The summed E-state index contributed by atoms with van der Waals surface area (Å²) in [6, 6.07) is 5.98. The van der Waals surface area contributed by atoms with Gasteiger partial charge in [-0.3, -0.25) is 10.1 Å². The van der Waals surface area contributed by atoms with Crippen LogP contribution in [-0.2, 0) is 4.74 Å². The lowest BCUT2D eigenvalue weighted by molar-refractivity contribution is -0.385. The van der Waals surface area contributed by atoms with Crippen molar-refractivity contribution in [1.29, 1.82) is 0 Å². The molecule has 1 aromatic carbocycles. The number of hydrogen-bond acceptors (Lipinski definition) is 4. The molecule has 0 bridgehead atoms. The molecule has 19 heavy (non-hydrogen) atoms. The molecule has 0 aromatic heterocycles. The maximum Gasteiger partial charge on any atom is 0.272 e. The van der Waals surface area contributed by atoms with Gasteiger partial charge in [0.1, 0.15) is 0 Å². The maximum atomic E-state index is 10.9. The molecule has 0 spiro atoms. The first-order valence-corrected chi connectivity index (χ1v) is 6.55. The average molecular weight is 264 g/mol. The SMILES string of the molecule is COC1CC(NC(C)c2ccc(C)c([N+](=O)[O-])c2)C1. The molecule has 0 heterocycles. The number of benzene rings is 1. The Labute approximate surface area is 113 Å². The molecular weight excluding hydrogens is 244 g/mol. The lowest BCUT2D eigenvalue weighted by Gasteiger charge is -2.36. The first-order chi connectivity index (χ1) is 9.01. The van der Waals surface area contributed by atoms with Gasteiger partial charge in [0.25, 0.3) is 5.69 Å². The Morgan fingerprint density at radius 3 is 2.74 bits per heavy atom. The van der Waals surface area contributed by atoms with E-state index in [-0.39, 0.29) is 16.7 Å². The third kappa shape index (κ3) is 3.11. The third-order valence-corrected chi connectivity index (χ3v) is 3.84. The topological polar surface area (TPSA) is 64.4 Å². The molecule has 1 aliphatic carbocycles. The standard InChI is InChI=1S/C14H20N2O3/c1-9-4-5-11(6-14(9)16(17)18)10(2)15-12-7-13(8-12)19-3/h4-6,10,12-13,15H,7-8H2,1-3H3. The van der Waals surface area contributed by atoms with Crippen molar-refractivity contribution >= 4 is 5.69 Å². The van der Waals surface area contributed by atoms with Gasteiger partial charge in [-0.2, -0.15) is 0 Å². The Morgan fingerprint density at radius 1 is 1.47 bits per heavy atom. The van der Waals surface area contributed by atoms with Gasteiger partial charge >= 0.3 is 0 Å². The van der Waals surface area contributed by atoms with Crippen LogP contribution in [0.2, 0.25) is 0 Å². The Morgan fingerprint density at radius 2 is 2.16 bits per heavy atom. The average Bonchev–Trinajstić information content (AvgIpc) is 2.33. The van der Waals surface area contributed by atoms with Crippen LogP contribution in [0, 0.1) is 17.0 Å². The predicted molar refractivity (Wildman–Crippen MR) is 73.2 cm³/mol. The number of hydrogen-bond donors (Lipinski definition) is 1. The molecule has 1 atom stereocenters. The first-order valence-electron chi connectivity index (χ1n) is 6.55. The van der Waals surface area contributed by atoms with Gasteiger partial charge in [-0.1, -0.05) is 12.1 Å². The molecular formula is C14H20N2O3. The van der Waals surface area contributed by atoms with Crippen LogP contribution in [0.3, 0.4) is 0 Å². The van der Waals surface area contributed by atoms with E-state index in [0.717, 1.165) is 18.4 Å². The second-order valence-corrected chi connectivity index (χ2v) is 5.22. The summed E-state index contributed by atoms with van der Waals surface area (Å²) in [5.41, 5.74) is 1.84. The van der Waals surface area contributed by atoms with Gasteiger partial charge in [0.05, 0.1) is 11.0 Å². The number of methoxy groups -OCH3 is 1. The highest BCUT2D eigenvalue weighted by atomic mass is 16.6. The predicted octanol–water partition coefficient (Wildman–Crippen LogP) is 2.73. The molecule has 5 nitrogen and oxygen atoms in total. The third-order valence-electron chi connectivity index (χ3n) is 3.84. The van der Waals surface area contributed by atoms with Gasteiger partial charge < -0.3 is 10.1 Å². The normalized spacial score (nSPS) is 23.7. The summed E-state index contributed by atoms with van der Waals surface area (Å²) in [4.78, 5) is 10.6. The van der Waals surface area contributed by atoms with Crippen LogP contribution in [0.4, 0.5) is 5.69 Å². The van der Waals surface area contributed by atoms with Gasteiger partial charge in [-0.15, -0.1) is 0 Å². The highest BCUT2D eigenvalue weighted by Gasteiger charge is 2.30. The van der Waals surface area contributed by atoms with Crippen molar-refractivity contribution in [3.8, 4) is 0 Å². The second-order valence-electron chi connectivity index (χ2n) is 5.22. The quantitative estimate of drug-likeness (QED) is 0.656. The van der Waals surface area contributed by atoms with E-state index in [2.05, 4.69) is 5.32 Å². The summed E-state index contributed by atoms with van der Waals surface area (Å²) in [6.45, 7) is 3.80. The Bertz CT molecular complexity index is 470. The van der Waals surface area contributed by atoms with Gasteiger partial charge in [0.2, 0.25) is 0 Å². The minimum Gasteiger partial charge on any atom is -0.381 e. The molecule has 1 aromatic rings. The smallest absolute Gasteiger partial charge is 0.272 e. The minimum atomic E-state index is -0.324. The van der Waals surface area contributed by atoms with E-state index in [9.17, 15) is 10.1 Å². The minimum absolute atomic E-state index is 0.113. The van der Waals surface area contributed by atoms with E-state index < -0.39 is 0 Å². The molecule has 104 valence electrons. The van der Waals surface area contributed by atoms with Crippen molar-refractivity contribution in [1.82, 2.24) is 5.32 Å². The van der Waals surface area contributed by atoms with Crippen molar-refractivity contribution in [2.75, 3.05) is 7.11 Å². The van der Waals surface area contributed by atoms with E-state index in [0.29, 0.717) is 17.7 Å².